The van der Waals surface area contributed by atoms with Gasteiger partial charge in [-0.1, -0.05) is 18.2 Å². The van der Waals surface area contributed by atoms with Crippen LogP contribution in [-0.2, 0) is 23.0 Å². The van der Waals surface area contributed by atoms with Crippen molar-refractivity contribution < 1.29 is 17.2 Å². The average Bonchev–Trinajstić information content (AvgIpc) is 2.80. The quantitative estimate of drug-likeness (QED) is 0.497. The molecule has 1 N–H and O–H groups in total. The normalized spacial score (nSPS) is 14.3. The highest BCUT2D eigenvalue weighted by atomic mass is 32.2. The maximum absolute atomic E-state index is 13.6. The van der Waals surface area contributed by atoms with Gasteiger partial charge in [0.25, 0.3) is 0 Å². The van der Waals surface area contributed by atoms with Crippen LogP contribution in [0.15, 0.2) is 71.9 Å². The van der Waals surface area contributed by atoms with Crippen molar-refractivity contribution in [1.29, 1.82) is 0 Å². The monoisotopic (exact) mass is 452 g/mol. The summed E-state index contributed by atoms with van der Waals surface area (Å²) in [4.78, 5) is 8.61. The van der Waals surface area contributed by atoms with Crippen LogP contribution in [0.3, 0.4) is 0 Å². The van der Waals surface area contributed by atoms with E-state index in [0.29, 0.717) is 18.3 Å². The largest absolute Gasteiger partial charge is 0.339 e. The lowest BCUT2D eigenvalue weighted by molar-refractivity contribution is 0.390. The van der Waals surface area contributed by atoms with Gasteiger partial charge in [0, 0.05) is 30.2 Å². The van der Waals surface area contributed by atoms with Crippen molar-refractivity contribution in [2.24, 2.45) is 0 Å². The Balaban J connectivity index is 1.42. The summed E-state index contributed by atoms with van der Waals surface area (Å²) in [6.07, 6.45) is 3.77. The first kappa shape index (κ1) is 20.5. The first-order valence-electron chi connectivity index (χ1n) is 9.95. The lowest BCUT2D eigenvalue weighted by Crippen LogP contribution is -2.36. The van der Waals surface area contributed by atoms with Crippen LogP contribution in [0.1, 0.15) is 11.1 Å². The van der Waals surface area contributed by atoms with Gasteiger partial charge in [-0.25, -0.2) is 22.2 Å². The summed E-state index contributed by atoms with van der Waals surface area (Å²) in [6.45, 7) is 0.314. The summed E-state index contributed by atoms with van der Waals surface area (Å²) in [7, 11) is -3.96. The molecule has 0 saturated carbocycles. The molecule has 0 bridgehead atoms. The minimum atomic E-state index is -3.96. The first-order valence-corrected chi connectivity index (χ1v) is 11.4. The number of aromatic nitrogens is 2. The fourth-order valence-electron chi connectivity index (χ4n) is 3.84. The van der Waals surface area contributed by atoms with Crippen molar-refractivity contribution >= 4 is 32.4 Å². The van der Waals surface area contributed by atoms with Gasteiger partial charge in [0.05, 0.1) is 22.3 Å². The summed E-state index contributed by atoms with van der Waals surface area (Å²) < 4.78 is 54.0. The van der Waals surface area contributed by atoms with Gasteiger partial charge in [-0.05, 0) is 48.4 Å². The number of rotatable bonds is 4. The number of hydrogen-bond donors (Lipinski definition) is 1. The molecule has 1 aliphatic heterocycles. The highest BCUT2D eigenvalue weighted by molar-refractivity contribution is 7.89. The van der Waals surface area contributed by atoms with Gasteiger partial charge in [-0.15, -0.1) is 0 Å². The second-order valence-electron chi connectivity index (χ2n) is 7.50. The number of nitrogens with zero attached hydrogens (tertiary/aromatic N) is 3. The second kappa shape index (κ2) is 7.92. The molecule has 32 heavy (non-hydrogen) atoms. The van der Waals surface area contributed by atoms with Gasteiger partial charge in [-0.3, -0.25) is 4.98 Å². The zero-order chi connectivity index (χ0) is 22.3. The lowest BCUT2D eigenvalue weighted by Gasteiger charge is -2.29. The van der Waals surface area contributed by atoms with E-state index in [2.05, 4.69) is 15.3 Å². The van der Waals surface area contributed by atoms with Gasteiger partial charge < -0.3 is 5.32 Å². The molecule has 2 aromatic heterocycles. The number of benzene rings is 2. The fourth-order valence-corrected chi connectivity index (χ4v) is 5.27. The number of para-hydroxylation sites is 1. The molecule has 0 atom stereocenters. The number of anilines is 2. The van der Waals surface area contributed by atoms with Crippen LogP contribution in [-0.4, -0.2) is 29.2 Å². The van der Waals surface area contributed by atoms with Crippen LogP contribution in [0.4, 0.5) is 20.3 Å². The highest BCUT2D eigenvalue weighted by Gasteiger charge is 2.30. The molecule has 0 radical (unpaired) electrons. The summed E-state index contributed by atoms with van der Waals surface area (Å²) in [5, 5.41) is 4.28. The number of halogens is 2. The van der Waals surface area contributed by atoms with E-state index in [9.17, 15) is 17.2 Å². The maximum Gasteiger partial charge on any atom is 0.243 e. The topological polar surface area (TPSA) is 75.2 Å². The van der Waals surface area contributed by atoms with Crippen LogP contribution in [0.25, 0.3) is 10.9 Å². The van der Waals surface area contributed by atoms with E-state index in [1.54, 1.807) is 18.5 Å². The summed E-state index contributed by atoms with van der Waals surface area (Å²) in [5.74, 6) is -1.63. The van der Waals surface area contributed by atoms with Gasteiger partial charge in [0.15, 0.2) is 11.6 Å². The molecule has 6 nitrogen and oxygen atoms in total. The van der Waals surface area contributed by atoms with Crippen LogP contribution in [0.5, 0.6) is 0 Å². The zero-order valence-corrected chi connectivity index (χ0v) is 17.6. The number of fused-ring (bicyclic) bond motifs is 2. The van der Waals surface area contributed by atoms with E-state index < -0.39 is 21.7 Å². The molecular formula is C23H18F2N4O2S. The number of pyridine rings is 2. The summed E-state index contributed by atoms with van der Waals surface area (Å²) >= 11 is 0. The molecule has 0 spiro atoms. The molecule has 0 amide bonds. The Kier molecular flexibility index (Phi) is 5.07. The van der Waals surface area contributed by atoms with E-state index in [1.807, 2.05) is 30.3 Å². The Bertz CT molecular complexity index is 1440. The van der Waals surface area contributed by atoms with Gasteiger partial charge >= 0.3 is 0 Å². The van der Waals surface area contributed by atoms with Crippen molar-refractivity contribution in [3.8, 4) is 0 Å². The van der Waals surface area contributed by atoms with Gasteiger partial charge in [0.2, 0.25) is 10.0 Å². The van der Waals surface area contributed by atoms with E-state index in [1.165, 1.54) is 4.31 Å². The lowest BCUT2D eigenvalue weighted by atomic mass is 10.0. The molecule has 9 heteroatoms. The summed E-state index contributed by atoms with van der Waals surface area (Å²) in [5.41, 5.74) is 3.38. The molecule has 1 aliphatic rings. The SMILES string of the molecule is O=S(=O)(c1ccc(F)c(F)c1)N1CCc2c(ccnc2Nc2cnc3ccccc3c2)C1. The van der Waals surface area contributed by atoms with Gasteiger partial charge in [0.1, 0.15) is 5.82 Å². The van der Waals surface area contributed by atoms with Crippen molar-refractivity contribution in [2.45, 2.75) is 17.9 Å². The Morgan fingerprint density at radius 2 is 1.81 bits per heavy atom. The Hall–Kier alpha value is -3.43. The van der Waals surface area contributed by atoms with E-state index in [-0.39, 0.29) is 18.0 Å². The predicted octanol–water partition coefficient (Wildman–Crippen LogP) is 4.40. The third kappa shape index (κ3) is 3.69. The molecule has 0 unspecified atom stereocenters. The molecule has 0 aliphatic carbocycles. The van der Waals surface area contributed by atoms with Crippen LogP contribution in [0.2, 0.25) is 0 Å². The zero-order valence-electron chi connectivity index (χ0n) is 16.8. The van der Waals surface area contributed by atoms with Crippen LogP contribution >= 0.6 is 0 Å². The molecule has 162 valence electrons. The van der Waals surface area contributed by atoms with Crippen LogP contribution in [0, 0.1) is 11.6 Å². The fraction of sp³-hybridized carbons (Fsp3) is 0.130. The van der Waals surface area contributed by atoms with Gasteiger partial charge in [-0.2, -0.15) is 4.31 Å². The van der Waals surface area contributed by atoms with Crippen molar-refractivity contribution in [3.05, 3.63) is 89.8 Å². The molecule has 2 aromatic carbocycles. The minimum absolute atomic E-state index is 0.115. The third-order valence-corrected chi connectivity index (χ3v) is 7.33. The average molecular weight is 452 g/mol. The number of nitrogens with one attached hydrogen (secondary N) is 1. The summed E-state index contributed by atoms with van der Waals surface area (Å²) in [6, 6.07) is 14.1. The Morgan fingerprint density at radius 1 is 0.969 bits per heavy atom. The molecule has 0 fully saturated rings. The van der Waals surface area contributed by atoms with Crippen molar-refractivity contribution in [3.63, 3.8) is 0 Å². The Morgan fingerprint density at radius 3 is 2.66 bits per heavy atom. The standard InChI is InChI=1S/C23H18F2N4O2S/c24-20-6-5-18(12-21(20)25)32(30,31)29-10-8-19-16(14-29)7-9-26-23(19)28-17-11-15-3-1-2-4-22(15)27-13-17/h1-7,9,11-13H,8,10,14H2,(H,26,28). The third-order valence-electron chi connectivity index (χ3n) is 5.49. The van der Waals surface area contributed by atoms with E-state index >= 15 is 0 Å². The van der Waals surface area contributed by atoms with Crippen molar-refractivity contribution in [1.82, 2.24) is 14.3 Å². The second-order valence-corrected chi connectivity index (χ2v) is 9.44. The molecular weight excluding hydrogens is 434 g/mol. The number of hydrogen-bond acceptors (Lipinski definition) is 5. The van der Waals surface area contributed by atoms with Crippen molar-refractivity contribution in [2.75, 3.05) is 11.9 Å². The minimum Gasteiger partial charge on any atom is -0.339 e. The predicted molar refractivity (Wildman–Crippen MR) is 117 cm³/mol. The van der Waals surface area contributed by atoms with Crippen LogP contribution < -0.4 is 5.32 Å². The smallest absolute Gasteiger partial charge is 0.243 e. The van der Waals surface area contributed by atoms with E-state index in [0.717, 1.165) is 39.8 Å². The molecule has 0 saturated heterocycles. The maximum atomic E-state index is 13.6. The Labute approximate surface area is 183 Å². The number of sulfonamides is 1. The molecule has 5 rings (SSSR count). The molecule has 4 aromatic rings. The van der Waals surface area contributed by atoms with E-state index in [4.69, 9.17) is 0 Å². The first-order chi connectivity index (χ1) is 15.4. The molecule has 3 heterocycles. The highest BCUT2D eigenvalue weighted by Crippen LogP contribution is 2.30.